The fraction of sp³-hybridized carbons (Fsp3) is 0.636. The van der Waals surface area contributed by atoms with Crippen molar-refractivity contribution in [2.45, 2.75) is 13.0 Å². The van der Waals surface area contributed by atoms with Crippen LogP contribution in [0.1, 0.15) is 6.92 Å². The average molecular weight is 306 g/mol. The molecule has 1 fully saturated rings. The van der Waals surface area contributed by atoms with E-state index < -0.39 is 0 Å². The minimum absolute atomic E-state index is 0.293. The maximum Gasteiger partial charge on any atom is 0.333 e. The fourth-order valence-electron chi connectivity index (χ4n) is 1.24. The van der Waals surface area contributed by atoms with E-state index in [1.807, 2.05) is 23.5 Å². The molecule has 1 saturated heterocycles. The van der Waals surface area contributed by atoms with Gasteiger partial charge < -0.3 is 15.4 Å². The van der Waals surface area contributed by atoms with Gasteiger partial charge in [-0.1, -0.05) is 6.58 Å². The highest BCUT2D eigenvalue weighted by Crippen LogP contribution is 2.20. The van der Waals surface area contributed by atoms with E-state index in [4.69, 9.17) is 17.0 Å². The number of esters is 1. The first-order valence-electron chi connectivity index (χ1n) is 5.62. The fourth-order valence-corrected chi connectivity index (χ4v) is 3.87. The molecule has 4 nitrogen and oxygen atoms in total. The molecule has 0 bridgehead atoms. The summed E-state index contributed by atoms with van der Waals surface area (Å²) in [5.74, 6) is 1.80. The van der Waals surface area contributed by atoms with Gasteiger partial charge in [-0.3, -0.25) is 0 Å². The molecule has 0 saturated carbocycles. The summed E-state index contributed by atoms with van der Waals surface area (Å²) in [7, 11) is 0. The quantitative estimate of drug-likeness (QED) is 0.344. The third-order valence-electron chi connectivity index (χ3n) is 2.11. The Morgan fingerprint density at radius 2 is 2.17 bits per heavy atom. The van der Waals surface area contributed by atoms with Gasteiger partial charge in [0, 0.05) is 28.2 Å². The van der Waals surface area contributed by atoms with Crippen LogP contribution in [0.3, 0.4) is 0 Å². The number of carbonyl (C=O) groups is 1. The van der Waals surface area contributed by atoms with Gasteiger partial charge in [-0.15, -0.1) is 23.5 Å². The number of ether oxygens (including phenoxy) is 1. The van der Waals surface area contributed by atoms with Crippen molar-refractivity contribution >= 4 is 46.8 Å². The second-order valence-electron chi connectivity index (χ2n) is 3.87. The van der Waals surface area contributed by atoms with Gasteiger partial charge in [0.25, 0.3) is 0 Å². The summed E-state index contributed by atoms with van der Waals surface area (Å²) in [6.45, 7) is 5.94. The van der Waals surface area contributed by atoms with Crippen molar-refractivity contribution in [1.29, 1.82) is 0 Å². The highest BCUT2D eigenvalue weighted by atomic mass is 32.2. The molecule has 0 aliphatic carbocycles. The molecule has 1 aliphatic heterocycles. The zero-order chi connectivity index (χ0) is 13.4. The first-order chi connectivity index (χ1) is 8.59. The number of nitrogens with one attached hydrogen (secondary N) is 2. The monoisotopic (exact) mass is 306 g/mol. The summed E-state index contributed by atoms with van der Waals surface area (Å²) in [5, 5.41) is 8.05. The largest absolute Gasteiger partial charge is 0.460 e. The summed E-state index contributed by atoms with van der Waals surface area (Å²) < 4.78 is 4.95. The van der Waals surface area contributed by atoms with Crippen LogP contribution < -0.4 is 10.6 Å². The number of rotatable bonds is 5. The van der Waals surface area contributed by atoms with Crippen molar-refractivity contribution in [3.8, 4) is 0 Å². The minimum Gasteiger partial charge on any atom is -0.460 e. The van der Waals surface area contributed by atoms with E-state index in [1.165, 1.54) is 0 Å². The molecule has 0 amide bonds. The van der Waals surface area contributed by atoms with Crippen molar-refractivity contribution < 1.29 is 9.53 Å². The third-order valence-corrected chi connectivity index (χ3v) is 4.98. The van der Waals surface area contributed by atoms with E-state index in [0.717, 1.165) is 16.6 Å². The van der Waals surface area contributed by atoms with Crippen molar-refractivity contribution in [1.82, 2.24) is 10.6 Å². The van der Waals surface area contributed by atoms with Crippen LogP contribution in [0.5, 0.6) is 0 Å². The Morgan fingerprint density at radius 1 is 1.50 bits per heavy atom. The molecule has 0 aromatic rings. The van der Waals surface area contributed by atoms with Gasteiger partial charge in [-0.2, -0.15) is 0 Å². The number of hydrogen-bond acceptors (Lipinski definition) is 5. The van der Waals surface area contributed by atoms with E-state index in [0.29, 0.717) is 29.9 Å². The molecular formula is C11H18N2O2S3. The van der Waals surface area contributed by atoms with Crippen LogP contribution >= 0.6 is 35.7 Å². The summed E-state index contributed by atoms with van der Waals surface area (Å²) in [5.41, 5.74) is 0.409. The van der Waals surface area contributed by atoms with E-state index in [2.05, 4.69) is 17.2 Å². The van der Waals surface area contributed by atoms with E-state index in [9.17, 15) is 4.79 Å². The number of thiocarbonyl (C=S) groups is 1. The number of carbonyl (C=O) groups excluding carboxylic acids is 1. The van der Waals surface area contributed by atoms with E-state index >= 15 is 0 Å². The van der Waals surface area contributed by atoms with Gasteiger partial charge in [-0.25, -0.2) is 4.79 Å². The Kier molecular flexibility index (Phi) is 7.53. The van der Waals surface area contributed by atoms with E-state index in [1.54, 1.807) is 6.92 Å². The standard InChI is InChI=1S/C11H18N2O2S3/c1-8(2)10(14)15-4-3-12-11(16)13-9-5-17-7-18-6-9/h9H,1,3-7H2,2H3,(H2,12,13,16). The molecule has 0 aromatic heterocycles. The Bertz CT molecular complexity index is 317. The first kappa shape index (κ1) is 15.7. The lowest BCUT2D eigenvalue weighted by Crippen LogP contribution is -2.46. The lowest BCUT2D eigenvalue weighted by molar-refractivity contribution is -0.138. The van der Waals surface area contributed by atoms with Gasteiger partial charge >= 0.3 is 5.97 Å². The zero-order valence-corrected chi connectivity index (χ0v) is 12.8. The number of hydrogen-bond donors (Lipinski definition) is 2. The molecule has 0 unspecified atom stereocenters. The molecule has 0 radical (unpaired) electrons. The Morgan fingerprint density at radius 3 is 2.78 bits per heavy atom. The van der Waals surface area contributed by atoms with Crippen LogP contribution in [0.25, 0.3) is 0 Å². The third kappa shape index (κ3) is 6.51. The molecule has 18 heavy (non-hydrogen) atoms. The van der Waals surface area contributed by atoms with Gasteiger partial charge in [0.1, 0.15) is 6.61 Å². The van der Waals surface area contributed by atoms with Crippen LogP contribution in [0, 0.1) is 0 Å². The Hall–Kier alpha value is -0.400. The lowest BCUT2D eigenvalue weighted by atomic mass is 10.4. The lowest BCUT2D eigenvalue weighted by Gasteiger charge is -2.23. The van der Waals surface area contributed by atoms with Crippen LogP contribution in [-0.2, 0) is 9.53 Å². The molecule has 0 spiro atoms. The number of thioether (sulfide) groups is 2. The molecule has 102 valence electrons. The summed E-state index contributed by atoms with van der Waals surface area (Å²) >= 11 is 9.00. The molecule has 1 heterocycles. The highest BCUT2D eigenvalue weighted by molar-refractivity contribution is 8.16. The predicted octanol–water partition coefficient (Wildman–Crippen LogP) is 1.38. The molecule has 2 N–H and O–H groups in total. The molecule has 0 atom stereocenters. The van der Waals surface area contributed by atoms with Crippen molar-refractivity contribution in [2.75, 3.05) is 29.7 Å². The summed E-state index contributed by atoms with van der Waals surface area (Å²) in [4.78, 5) is 11.1. The van der Waals surface area contributed by atoms with Crippen LogP contribution in [0.2, 0.25) is 0 Å². The second-order valence-corrected chi connectivity index (χ2v) is 6.71. The summed E-state index contributed by atoms with van der Waals surface area (Å²) in [6, 6.07) is 0.423. The van der Waals surface area contributed by atoms with Gasteiger partial charge in [-0.05, 0) is 19.1 Å². The highest BCUT2D eigenvalue weighted by Gasteiger charge is 2.14. The molecule has 1 rings (SSSR count). The maximum absolute atomic E-state index is 11.1. The average Bonchev–Trinajstić information content (AvgIpc) is 2.35. The Balaban J connectivity index is 2.06. The molecule has 0 aromatic carbocycles. The molecular weight excluding hydrogens is 288 g/mol. The normalized spacial score (nSPS) is 15.8. The van der Waals surface area contributed by atoms with Gasteiger partial charge in [0.2, 0.25) is 0 Å². The first-order valence-corrected chi connectivity index (χ1v) is 8.34. The van der Waals surface area contributed by atoms with Crippen LogP contribution in [-0.4, -0.2) is 46.9 Å². The van der Waals surface area contributed by atoms with Crippen molar-refractivity contribution in [3.63, 3.8) is 0 Å². The maximum atomic E-state index is 11.1. The topological polar surface area (TPSA) is 50.4 Å². The molecule has 7 heteroatoms. The summed E-state index contributed by atoms with van der Waals surface area (Å²) in [6.07, 6.45) is 0. The van der Waals surface area contributed by atoms with Crippen LogP contribution in [0.15, 0.2) is 12.2 Å². The SMILES string of the molecule is C=C(C)C(=O)OCCNC(=S)NC1CSCSC1. The predicted molar refractivity (Wildman–Crippen MR) is 83.1 cm³/mol. The zero-order valence-electron chi connectivity index (χ0n) is 10.4. The second kappa shape index (κ2) is 8.66. The van der Waals surface area contributed by atoms with Crippen molar-refractivity contribution in [3.05, 3.63) is 12.2 Å². The van der Waals surface area contributed by atoms with E-state index in [-0.39, 0.29) is 5.97 Å². The van der Waals surface area contributed by atoms with Gasteiger partial charge in [0.15, 0.2) is 5.11 Å². The van der Waals surface area contributed by atoms with Gasteiger partial charge in [0.05, 0.1) is 6.54 Å². The van der Waals surface area contributed by atoms with Crippen molar-refractivity contribution in [2.24, 2.45) is 0 Å². The molecule has 1 aliphatic rings. The van der Waals surface area contributed by atoms with Crippen LogP contribution in [0.4, 0.5) is 0 Å². The minimum atomic E-state index is -0.365. The smallest absolute Gasteiger partial charge is 0.333 e. The Labute approximate surface area is 122 Å².